The normalized spacial score (nSPS) is 11.7. The number of nitrogens with one attached hydrogen (secondary N) is 1. The summed E-state index contributed by atoms with van der Waals surface area (Å²) in [6.07, 6.45) is -4.45. The van der Waals surface area contributed by atoms with Crippen molar-refractivity contribution in [1.29, 1.82) is 0 Å². The molecule has 7 heteroatoms. The highest BCUT2D eigenvalue weighted by Gasteiger charge is 2.30. The molecule has 1 aromatic carbocycles. The lowest BCUT2D eigenvalue weighted by Gasteiger charge is -2.19. The lowest BCUT2D eigenvalue weighted by Crippen LogP contribution is -2.45. The summed E-state index contributed by atoms with van der Waals surface area (Å²) < 4.78 is 37.4. The number of nitrogens with two attached hydrogens (primary N) is 1. The summed E-state index contributed by atoms with van der Waals surface area (Å²) in [6.45, 7) is 3.60. The van der Waals surface area contributed by atoms with Crippen LogP contribution in [-0.2, 0) is 6.18 Å². The molecule has 0 fully saturated rings. The summed E-state index contributed by atoms with van der Waals surface area (Å²) in [6, 6.07) is 4.27. The Balaban J connectivity index is 0.00000324. The summed E-state index contributed by atoms with van der Waals surface area (Å²) in [5.41, 5.74) is 4.17. The van der Waals surface area contributed by atoms with Crippen LogP contribution in [0.25, 0.3) is 0 Å². The number of alkyl halides is 3. The molecule has 0 unspecified atom stereocenters. The largest absolute Gasteiger partial charge is 0.416 e. The first-order valence-corrected chi connectivity index (χ1v) is 5.34. The van der Waals surface area contributed by atoms with Gasteiger partial charge in [-0.05, 0) is 32.0 Å². The molecule has 0 aromatic heterocycles. The highest BCUT2D eigenvalue weighted by Crippen LogP contribution is 2.29. The van der Waals surface area contributed by atoms with Crippen LogP contribution < -0.4 is 11.1 Å². The van der Waals surface area contributed by atoms with Crippen LogP contribution in [0.1, 0.15) is 29.8 Å². The van der Waals surface area contributed by atoms with Gasteiger partial charge in [0.2, 0.25) is 0 Å². The van der Waals surface area contributed by atoms with Crippen molar-refractivity contribution in [3.8, 4) is 0 Å². The lowest BCUT2D eigenvalue weighted by atomic mass is 10.1. The predicted octanol–water partition coefficient (Wildman–Crippen LogP) is 2.59. The number of amides is 1. The van der Waals surface area contributed by atoms with Crippen LogP contribution >= 0.6 is 12.4 Å². The Morgan fingerprint density at radius 1 is 1.32 bits per heavy atom. The molecule has 0 aliphatic heterocycles. The van der Waals surface area contributed by atoms with E-state index < -0.39 is 23.2 Å². The van der Waals surface area contributed by atoms with Gasteiger partial charge in [0, 0.05) is 17.6 Å². The zero-order valence-corrected chi connectivity index (χ0v) is 11.4. The third-order valence-corrected chi connectivity index (χ3v) is 2.16. The number of hydrogen-bond acceptors (Lipinski definition) is 2. The highest BCUT2D eigenvalue weighted by atomic mass is 35.5. The monoisotopic (exact) mass is 296 g/mol. The van der Waals surface area contributed by atoms with E-state index >= 15 is 0 Å². The molecule has 108 valence electrons. The molecule has 0 atom stereocenters. The van der Waals surface area contributed by atoms with Crippen molar-refractivity contribution in [3.05, 3.63) is 35.4 Å². The maximum Gasteiger partial charge on any atom is 0.416 e. The van der Waals surface area contributed by atoms with Crippen LogP contribution in [0.3, 0.4) is 0 Å². The average Bonchev–Trinajstić information content (AvgIpc) is 2.24. The standard InChI is InChI=1S/C12H15F3N2O.ClH/c1-11(2,16)7-17-10(18)8-4-3-5-9(6-8)12(13,14)15;/h3-6H,7,16H2,1-2H3,(H,17,18);1H. The van der Waals surface area contributed by atoms with Crippen LogP contribution in [0.15, 0.2) is 24.3 Å². The first-order chi connectivity index (χ1) is 8.09. The van der Waals surface area contributed by atoms with Crippen molar-refractivity contribution in [2.75, 3.05) is 6.54 Å². The molecule has 1 rings (SSSR count). The van der Waals surface area contributed by atoms with E-state index in [4.69, 9.17) is 5.73 Å². The fraction of sp³-hybridized carbons (Fsp3) is 0.417. The molecule has 0 saturated heterocycles. The van der Waals surface area contributed by atoms with Crippen LogP contribution in [-0.4, -0.2) is 18.0 Å². The first kappa shape index (κ1) is 17.7. The summed E-state index contributed by atoms with van der Waals surface area (Å²) >= 11 is 0. The Hall–Kier alpha value is -1.27. The molecule has 1 aromatic rings. The molecule has 3 nitrogen and oxygen atoms in total. The summed E-state index contributed by atoms with van der Waals surface area (Å²) in [7, 11) is 0. The number of carbonyl (C=O) groups is 1. The number of rotatable bonds is 3. The third kappa shape index (κ3) is 5.94. The number of hydrogen-bond donors (Lipinski definition) is 2. The van der Waals surface area contributed by atoms with Gasteiger partial charge < -0.3 is 11.1 Å². The molecule has 0 saturated carbocycles. The Labute approximate surface area is 115 Å². The van der Waals surface area contributed by atoms with E-state index in [9.17, 15) is 18.0 Å². The molecule has 3 N–H and O–H groups in total. The maximum absolute atomic E-state index is 12.5. The predicted molar refractivity (Wildman–Crippen MR) is 69.3 cm³/mol. The van der Waals surface area contributed by atoms with Gasteiger partial charge in [-0.1, -0.05) is 6.07 Å². The molecule has 0 radical (unpaired) electrons. The first-order valence-electron chi connectivity index (χ1n) is 5.34. The number of halogens is 4. The van der Waals surface area contributed by atoms with Gasteiger partial charge in [-0.2, -0.15) is 13.2 Å². The van der Waals surface area contributed by atoms with E-state index in [-0.39, 0.29) is 24.5 Å². The second-order valence-electron chi connectivity index (χ2n) is 4.75. The minimum Gasteiger partial charge on any atom is -0.350 e. The average molecular weight is 297 g/mol. The summed E-state index contributed by atoms with van der Waals surface area (Å²) in [5, 5.41) is 2.49. The number of benzene rings is 1. The maximum atomic E-state index is 12.5. The van der Waals surface area contributed by atoms with Gasteiger partial charge in [-0.15, -0.1) is 12.4 Å². The number of carbonyl (C=O) groups excluding carboxylic acids is 1. The molecular formula is C12H16ClF3N2O. The van der Waals surface area contributed by atoms with E-state index in [1.54, 1.807) is 13.8 Å². The Morgan fingerprint density at radius 3 is 2.37 bits per heavy atom. The zero-order chi connectivity index (χ0) is 14.0. The van der Waals surface area contributed by atoms with E-state index in [1.165, 1.54) is 12.1 Å². The fourth-order valence-electron chi connectivity index (χ4n) is 1.25. The molecule has 0 heterocycles. The van der Waals surface area contributed by atoms with Crippen molar-refractivity contribution in [3.63, 3.8) is 0 Å². The van der Waals surface area contributed by atoms with Crippen LogP contribution in [0.4, 0.5) is 13.2 Å². The molecule has 0 aliphatic rings. The van der Waals surface area contributed by atoms with Crippen molar-refractivity contribution in [2.45, 2.75) is 25.6 Å². The smallest absolute Gasteiger partial charge is 0.350 e. The highest BCUT2D eigenvalue weighted by molar-refractivity contribution is 5.94. The second-order valence-corrected chi connectivity index (χ2v) is 4.75. The van der Waals surface area contributed by atoms with Crippen molar-refractivity contribution < 1.29 is 18.0 Å². The van der Waals surface area contributed by atoms with Gasteiger partial charge >= 0.3 is 6.18 Å². The zero-order valence-electron chi connectivity index (χ0n) is 10.5. The van der Waals surface area contributed by atoms with E-state index in [0.717, 1.165) is 12.1 Å². The summed E-state index contributed by atoms with van der Waals surface area (Å²) in [5.74, 6) is -0.570. The van der Waals surface area contributed by atoms with E-state index in [2.05, 4.69) is 5.32 Å². The molecular weight excluding hydrogens is 281 g/mol. The second kappa shape index (κ2) is 6.25. The van der Waals surface area contributed by atoms with Gasteiger partial charge in [0.05, 0.1) is 5.56 Å². The van der Waals surface area contributed by atoms with E-state index in [1.807, 2.05) is 0 Å². The summed E-state index contributed by atoms with van der Waals surface area (Å²) in [4.78, 5) is 11.6. The van der Waals surface area contributed by atoms with Crippen molar-refractivity contribution >= 4 is 18.3 Å². The van der Waals surface area contributed by atoms with Gasteiger partial charge in [0.25, 0.3) is 5.91 Å². The Kier molecular flexibility index (Phi) is 5.83. The van der Waals surface area contributed by atoms with Crippen LogP contribution in [0.2, 0.25) is 0 Å². The third-order valence-electron chi connectivity index (χ3n) is 2.16. The molecule has 0 aliphatic carbocycles. The van der Waals surface area contributed by atoms with Gasteiger partial charge in [-0.3, -0.25) is 4.79 Å². The van der Waals surface area contributed by atoms with Crippen LogP contribution in [0, 0.1) is 0 Å². The molecule has 19 heavy (non-hydrogen) atoms. The minimum atomic E-state index is -4.45. The lowest BCUT2D eigenvalue weighted by molar-refractivity contribution is -0.137. The minimum absolute atomic E-state index is 0. The van der Waals surface area contributed by atoms with Crippen LogP contribution in [0.5, 0.6) is 0 Å². The van der Waals surface area contributed by atoms with Gasteiger partial charge in [0.1, 0.15) is 0 Å². The SMILES string of the molecule is CC(C)(N)CNC(=O)c1cccc(C(F)(F)F)c1.Cl. The quantitative estimate of drug-likeness (QED) is 0.901. The van der Waals surface area contributed by atoms with Crippen molar-refractivity contribution in [1.82, 2.24) is 5.32 Å². The topological polar surface area (TPSA) is 55.1 Å². The Bertz CT molecular complexity index is 441. The van der Waals surface area contributed by atoms with Gasteiger partial charge in [0.15, 0.2) is 0 Å². The van der Waals surface area contributed by atoms with Crippen molar-refractivity contribution in [2.24, 2.45) is 5.73 Å². The van der Waals surface area contributed by atoms with E-state index in [0.29, 0.717) is 0 Å². The fourth-order valence-corrected chi connectivity index (χ4v) is 1.25. The Morgan fingerprint density at radius 2 is 1.89 bits per heavy atom. The molecule has 1 amide bonds. The van der Waals surface area contributed by atoms with Gasteiger partial charge in [-0.25, -0.2) is 0 Å². The molecule has 0 spiro atoms. The molecule has 0 bridgehead atoms.